The summed E-state index contributed by atoms with van der Waals surface area (Å²) in [6, 6.07) is 8.59. The standard InChI is InChI=1S/C16H28N2/c1-4-15(11-12-17)9-7-13-18(3)16-10-6-5-8-14(16)2/h5-6,8,10,15H,4,7,9,11-13,17H2,1-3H3. The van der Waals surface area contributed by atoms with Gasteiger partial charge in [-0.05, 0) is 50.3 Å². The zero-order valence-electron chi connectivity index (χ0n) is 12.2. The molecular formula is C16H28N2. The van der Waals surface area contributed by atoms with Crippen LogP contribution in [0.1, 0.15) is 38.2 Å². The van der Waals surface area contributed by atoms with Crippen molar-refractivity contribution in [2.75, 3.05) is 25.0 Å². The number of hydrogen-bond acceptors (Lipinski definition) is 2. The van der Waals surface area contributed by atoms with Gasteiger partial charge in [-0.15, -0.1) is 0 Å². The number of benzene rings is 1. The Morgan fingerprint density at radius 2 is 1.94 bits per heavy atom. The summed E-state index contributed by atoms with van der Waals surface area (Å²) in [4.78, 5) is 2.37. The fraction of sp³-hybridized carbons (Fsp3) is 0.625. The zero-order chi connectivity index (χ0) is 13.4. The molecule has 0 heterocycles. The summed E-state index contributed by atoms with van der Waals surface area (Å²) in [6.07, 6.45) is 4.98. The van der Waals surface area contributed by atoms with Crippen LogP contribution < -0.4 is 10.6 Å². The van der Waals surface area contributed by atoms with Crippen molar-refractivity contribution >= 4 is 5.69 Å². The molecule has 0 aliphatic carbocycles. The quantitative estimate of drug-likeness (QED) is 0.762. The first-order valence-electron chi connectivity index (χ1n) is 7.15. The number of rotatable bonds is 8. The normalized spacial score (nSPS) is 12.4. The summed E-state index contributed by atoms with van der Waals surface area (Å²) < 4.78 is 0. The molecule has 0 saturated carbocycles. The molecule has 1 aromatic carbocycles. The lowest BCUT2D eigenvalue weighted by molar-refractivity contribution is 0.431. The smallest absolute Gasteiger partial charge is 0.0393 e. The molecule has 0 amide bonds. The van der Waals surface area contributed by atoms with Crippen molar-refractivity contribution in [2.24, 2.45) is 11.7 Å². The van der Waals surface area contributed by atoms with Crippen LogP contribution in [-0.4, -0.2) is 20.1 Å². The maximum Gasteiger partial charge on any atom is 0.0393 e. The Kier molecular flexibility index (Phi) is 6.81. The molecule has 0 aliphatic heterocycles. The van der Waals surface area contributed by atoms with Gasteiger partial charge in [-0.25, -0.2) is 0 Å². The molecule has 2 N–H and O–H groups in total. The second-order valence-corrected chi connectivity index (χ2v) is 5.20. The van der Waals surface area contributed by atoms with Crippen LogP contribution >= 0.6 is 0 Å². The molecule has 2 nitrogen and oxygen atoms in total. The highest BCUT2D eigenvalue weighted by Crippen LogP contribution is 2.20. The lowest BCUT2D eigenvalue weighted by Crippen LogP contribution is -2.20. The van der Waals surface area contributed by atoms with Crippen molar-refractivity contribution < 1.29 is 0 Å². The van der Waals surface area contributed by atoms with Gasteiger partial charge in [-0.2, -0.15) is 0 Å². The second kappa shape index (κ2) is 8.15. The van der Waals surface area contributed by atoms with Crippen LogP contribution in [0.25, 0.3) is 0 Å². The molecule has 18 heavy (non-hydrogen) atoms. The van der Waals surface area contributed by atoms with Gasteiger partial charge in [0, 0.05) is 19.3 Å². The third kappa shape index (κ3) is 4.69. The highest BCUT2D eigenvalue weighted by molar-refractivity contribution is 5.52. The van der Waals surface area contributed by atoms with E-state index in [4.69, 9.17) is 5.73 Å². The predicted molar refractivity (Wildman–Crippen MR) is 81.1 cm³/mol. The first-order chi connectivity index (χ1) is 8.69. The van der Waals surface area contributed by atoms with Crippen molar-refractivity contribution in [2.45, 2.75) is 39.5 Å². The zero-order valence-corrected chi connectivity index (χ0v) is 12.2. The number of nitrogens with two attached hydrogens (primary N) is 1. The number of nitrogens with zero attached hydrogens (tertiary/aromatic N) is 1. The van der Waals surface area contributed by atoms with E-state index in [1.54, 1.807) is 0 Å². The molecule has 0 spiro atoms. The van der Waals surface area contributed by atoms with Gasteiger partial charge in [0.25, 0.3) is 0 Å². The summed E-state index contributed by atoms with van der Waals surface area (Å²) in [6.45, 7) is 6.40. The maximum absolute atomic E-state index is 5.64. The van der Waals surface area contributed by atoms with E-state index in [9.17, 15) is 0 Å². The highest BCUT2D eigenvalue weighted by atomic mass is 15.1. The molecular weight excluding hydrogens is 220 g/mol. The molecule has 1 unspecified atom stereocenters. The fourth-order valence-corrected chi connectivity index (χ4v) is 2.52. The molecule has 0 bridgehead atoms. The van der Waals surface area contributed by atoms with E-state index in [0.717, 1.165) is 19.0 Å². The minimum absolute atomic E-state index is 0.806. The summed E-state index contributed by atoms with van der Waals surface area (Å²) in [5, 5.41) is 0. The average molecular weight is 248 g/mol. The van der Waals surface area contributed by atoms with Gasteiger partial charge in [0.1, 0.15) is 0 Å². The van der Waals surface area contributed by atoms with Crippen LogP contribution in [0, 0.1) is 12.8 Å². The highest BCUT2D eigenvalue weighted by Gasteiger charge is 2.07. The first kappa shape index (κ1) is 15.0. The Morgan fingerprint density at radius 3 is 2.56 bits per heavy atom. The van der Waals surface area contributed by atoms with Gasteiger partial charge in [0.2, 0.25) is 0 Å². The SMILES string of the molecule is CCC(CCN)CCCN(C)c1ccccc1C. The molecule has 0 aromatic heterocycles. The van der Waals surface area contributed by atoms with E-state index in [1.165, 1.54) is 36.9 Å². The molecule has 1 atom stereocenters. The summed E-state index contributed by atoms with van der Waals surface area (Å²) >= 11 is 0. The molecule has 0 saturated heterocycles. The van der Waals surface area contributed by atoms with Crippen molar-refractivity contribution in [3.8, 4) is 0 Å². The minimum atomic E-state index is 0.806. The van der Waals surface area contributed by atoms with Crippen LogP contribution in [0.3, 0.4) is 0 Å². The van der Waals surface area contributed by atoms with Crippen molar-refractivity contribution in [1.29, 1.82) is 0 Å². The summed E-state index contributed by atoms with van der Waals surface area (Å²) in [5.41, 5.74) is 8.34. The van der Waals surface area contributed by atoms with E-state index in [1.807, 2.05) is 0 Å². The van der Waals surface area contributed by atoms with Crippen LogP contribution in [0.5, 0.6) is 0 Å². The van der Waals surface area contributed by atoms with E-state index < -0.39 is 0 Å². The molecule has 1 aromatic rings. The van der Waals surface area contributed by atoms with Crippen molar-refractivity contribution in [1.82, 2.24) is 0 Å². The predicted octanol–water partition coefficient (Wildman–Crippen LogP) is 3.59. The molecule has 0 fully saturated rings. The van der Waals surface area contributed by atoms with E-state index in [0.29, 0.717) is 0 Å². The Bertz CT molecular complexity index is 336. The van der Waals surface area contributed by atoms with E-state index in [-0.39, 0.29) is 0 Å². The molecule has 0 aliphatic rings. The summed E-state index contributed by atoms with van der Waals surface area (Å²) in [5.74, 6) is 0.806. The maximum atomic E-state index is 5.64. The Balaban J connectivity index is 2.37. The van der Waals surface area contributed by atoms with E-state index >= 15 is 0 Å². The third-order valence-corrected chi connectivity index (χ3v) is 3.78. The number of para-hydroxylation sites is 1. The van der Waals surface area contributed by atoms with Gasteiger partial charge in [0.05, 0.1) is 0 Å². The van der Waals surface area contributed by atoms with Crippen LogP contribution in [-0.2, 0) is 0 Å². The monoisotopic (exact) mass is 248 g/mol. The number of hydrogen-bond donors (Lipinski definition) is 1. The molecule has 1 rings (SSSR count). The number of anilines is 1. The second-order valence-electron chi connectivity index (χ2n) is 5.20. The number of aryl methyl sites for hydroxylation is 1. The Hall–Kier alpha value is -1.02. The Labute approximate surface area is 112 Å². The van der Waals surface area contributed by atoms with Gasteiger partial charge in [-0.3, -0.25) is 0 Å². The molecule has 0 radical (unpaired) electrons. The lowest BCUT2D eigenvalue weighted by atomic mass is 9.96. The third-order valence-electron chi connectivity index (χ3n) is 3.78. The topological polar surface area (TPSA) is 29.3 Å². The fourth-order valence-electron chi connectivity index (χ4n) is 2.52. The molecule has 2 heteroatoms. The van der Waals surface area contributed by atoms with Gasteiger partial charge in [0.15, 0.2) is 0 Å². The van der Waals surface area contributed by atoms with Gasteiger partial charge in [-0.1, -0.05) is 31.5 Å². The Morgan fingerprint density at radius 1 is 1.22 bits per heavy atom. The van der Waals surface area contributed by atoms with Crippen LogP contribution in [0.4, 0.5) is 5.69 Å². The van der Waals surface area contributed by atoms with Crippen LogP contribution in [0.2, 0.25) is 0 Å². The van der Waals surface area contributed by atoms with Gasteiger partial charge < -0.3 is 10.6 Å². The van der Waals surface area contributed by atoms with Crippen LogP contribution in [0.15, 0.2) is 24.3 Å². The molecule has 102 valence electrons. The van der Waals surface area contributed by atoms with E-state index in [2.05, 4.69) is 50.1 Å². The summed E-state index contributed by atoms with van der Waals surface area (Å²) in [7, 11) is 2.19. The lowest BCUT2D eigenvalue weighted by Gasteiger charge is -2.22. The van der Waals surface area contributed by atoms with Gasteiger partial charge >= 0.3 is 0 Å². The van der Waals surface area contributed by atoms with Crippen molar-refractivity contribution in [3.05, 3.63) is 29.8 Å². The van der Waals surface area contributed by atoms with Crippen molar-refractivity contribution in [3.63, 3.8) is 0 Å². The largest absolute Gasteiger partial charge is 0.374 e. The average Bonchev–Trinajstić information content (AvgIpc) is 2.38. The minimum Gasteiger partial charge on any atom is -0.374 e. The first-order valence-corrected chi connectivity index (χ1v) is 7.15.